The van der Waals surface area contributed by atoms with Crippen molar-refractivity contribution in [3.8, 4) is 17.5 Å². The quantitative estimate of drug-likeness (QED) is 0.205. The van der Waals surface area contributed by atoms with E-state index in [-0.39, 0.29) is 37.6 Å². The highest BCUT2D eigenvalue weighted by atomic mass is 32.2. The highest BCUT2D eigenvalue weighted by Gasteiger charge is 2.63. The zero-order valence-electron chi connectivity index (χ0n) is 35.3. The van der Waals surface area contributed by atoms with Crippen LogP contribution in [0.15, 0.2) is 30.4 Å². The lowest BCUT2D eigenvalue weighted by molar-refractivity contribution is -0.174. The highest BCUT2D eigenvalue weighted by molar-refractivity contribution is 7.91. The summed E-state index contributed by atoms with van der Waals surface area (Å²) in [5, 5.41) is 1.51. The molecule has 0 spiro atoms. The summed E-state index contributed by atoms with van der Waals surface area (Å²) >= 11 is 0. The molecule has 16 heteroatoms. The number of halogens is 2. The number of esters is 1. The fourth-order valence-electron chi connectivity index (χ4n) is 9.09. The number of sulfonamides is 1. The van der Waals surface area contributed by atoms with Crippen LogP contribution >= 0.6 is 0 Å². The predicted octanol–water partition coefficient (Wildman–Crippen LogP) is 6.49. The van der Waals surface area contributed by atoms with Crippen molar-refractivity contribution in [1.29, 1.82) is 0 Å². The average Bonchev–Trinajstić information content (AvgIpc) is 4.07. The summed E-state index contributed by atoms with van der Waals surface area (Å²) in [5.41, 5.74) is -2.53. The molecule has 2 amide bonds. The van der Waals surface area contributed by atoms with Crippen molar-refractivity contribution in [2.75, 3.05) is 20.3 Å². The van der Waals surface area contributed by atoms with E-state index in [1.807, 2.05) is 38.1 Å². The van der Waals surface area contributed by atoms with Gasteiger partial charge in [-0.15, -0.1) is 0 Å². The summed E-state index contributed by atoms with van der Waals surface area (Å²) in [6.45, 7) is 8.05. The largest absolute Gasteiger partial charge is 0.497 e. The summed E-state index contributed by atoms with van der Waals surface area (Å²) in [4.78, 5) is 63.3. The van der Waals surface area contributed by atoms with Crippen molar-refractivity contribution in [3.63, 3.8) is 0 Å². The number of aromatic nitrogens is 1. The SMILES string of the molecule is COc1ccc2c(O[C@@H]3C[C@H]4C(=O)C[C@]5(C(=O)NS(=O)(=O)C6(C)CC6)C[C@H]5/C=C\CC[C@H](C)C[C@@H](C)[C@H](CC(=O)OC(C)(C)C(F)F)C(=O)N4C3)nc3c(c2c1)CCCO3. The molecule has 0 bridgehead atoms. The van der Waals surface area contributed by atoms with Gasteiger partial charge in [0, 0.05) is 23.8 Å². The molecule has 1 saturated heterocycles. The molecule has 13 nitrogen and oxygen atoms in total. The molecule has 1 aromatic carbocycles. The van der Waals surface area contributed by atoms with E-state index in [0.717, 1.165) is 37.6 Å². The van der Waals surface area contributed by atoms with Crippen molar-refractivity contribution in [2.45, 2.75) is 134 Å². The van der Waals surface area contributed by atoms with E-state index in [0.29, 0.717) is 55.7 Å². The van der Waals surface area contributed by atoms with E-state index in [2.05, 4.69) is 4.72 Å². The second-order valence-corrected chi connectivity index (χ2v) is 20.7. The van der Waals surface area contributed by atoms with Crippen LogP contribution < -0.4 is 18.9 Å². The lowest BCUT2D eigenvalue weighted by Gasteiger charge is -2.33. The Balaban J connectivity index is 1.25. The molecule has 60 heavy (non-hydrogen) atoms. The molecule has 2 saturated carbocycles. The summed E-state index contributed by atoms with van der Waals surface area (Å²) < 4.78 is 78.8. The Morgan fingerprint density at radius 3 is 2.58 bits per heavy atom. The van der Waals surface area contributed by atoms with Crippen LogP contribution in [0.4, 0.5) is 8.78 Å². The monoisotopic (exact) mass is 857 g/mol. The second kappa shape index (κ2) is 16.5. The Hall–Kier alpha value is -4.34. The van der Waals surface area contributed by atoms with Gasteiger partial charge in [0.15, 0.2) is 11.4 Å². The number of Topliss-reactive ketones (excluding diaryl/α,β-unsaturated/α-hetero) is 1. The molecule has 3 aliphatic heterocycles. The van der Waals surface area contributed by atoms with Crippen molar-refractivity contribution in [1.82, 2.24) is 14.6 Å². The van der Waals surface area contributed by atoms with E-state index in [1.54, 1.807) is 20.1 Å². The third kappa shape index (κ3) is 8.72. The number of nitrogens with zero attached hydrogens (tertiary/aromatic N) is 2. The van der Waals surface area contributed by atoms with E-state index in [1.165, 1.54) is 4.90 Å². The van der Waals surface area contributed by atoms with Crippen LogP contribution in [0.3, 0.4) is 0 Å². The summed E-state index contributed by atoms with van der Waals surface area (Å²) in [7, 11) is -2.44. The van der Waals surface area contributed by atoms with Gasteiger partial charge in [0.1, 0.15) is 11.9 Å². The standard InChI is InChI=1S/C44H57F2N3O10S/c1-25-10-7-8-11-27-22-44(27,41(53)48-60(54,55)43(5)15-16-43)23-35(50)34-20-29(24-49(34)39(52)32(26(2)18-25)21-36(51)59-42(3,4)40(45)46)58-38-31-14-13-28(56-6)19-33(31)30-12-9-17-57-37(30)47-38/h8,11,13-14,19,25-27,29,32,34,40H,7,9-10,12,15-18,20-24H2,1-6H3,(H,48,53)/b11-8-/t25-,26+,27+,29+,32-,34-,44+/m0/s1. The van der Waals surface area contributed by atoms with Crippen LogP contribution in [0.5, 0.6) is 17.5 Å². The van der Waals surface area contributed by atoms with E-state index < -0.39 is 92.1 Å². The Morgan fingerprint density at radius 1 is 1.13 bits per heavy atom. The molecular weight excluding hydrogens is 801 g/mol. The van der Waals surface area contributed by atoms with Gasteiger partial charge in [0.2, 0.25) is 33.6 Å². The van der Waals surface area contributed by atoms with Gasteiger partial charge < -0.3 is 23.8 Å². The smallest absolute Gasteiger partial charge is 0.307 e. The summed E-state index contributed by atoms with van der Waals surface area (Å²) in [5.74, 6) is -3.19. The van der Waals surface area contributed by atoms with Crippen LogP contribution in [-0.4, -0.2) is 91.0 Å². The molecule has 0 unspecified atom stereocenters. The topological polar surface area (TPSA) is 167 Å². The maximum absolute atomic E-state index is 15.0. The number of methoxy groups -OCH3 is 1. The maximum atomic E-state index is 15.0. The number of hydrogen-bond acceptors (Lipinski definition) is 11. The minimum absolute atomic E-state index is 0.0107. The van der Waals surface area contributed by atoms with E-state index in [4.69, 9.17) is 23.9 Å². The lowest BCUT2D eigenvalue weighted by Crippen LogP contribution is -2.48. The number of benzene rings is 1. The average molecular weight is 858 g/mol. The van der Waals surface area contributed by atoms with Gasteiger partial charge in [0.25, 0.3) is 6.43 Å². The number of nitrogens with one attached hydrogen (secondary N) is 1. The third-order valence-electron chi connectivity index (χ3n) is 13.4. The first-order valence-electron chi connectivity index (χ1n) is 21.1. The molecule has 1 N–H and O–H groups in total. The summed E-state index contributed by atoms with van der Waals surface area (Å²) in [6, 6.07) is 4.38. The number of hydrogen-bond donors (Lipinski definition) is 1. The number of aryl methyl sites for hydroxylation is 1. The number of allylic oxidation sites excluding steroid dienone is 2. The first-order valence-corrected chi connectivity index (χ1v) is 22.6. The van der Waals surface area contributed by atoms with Gasteiger partial charge in [-0.3, -0.25) is 23.9 Å². The third-order valence-corrected chi connectivity index (χ3v) is 15.6. The number of alkyl halides is 2. The zero-order valence-corrected chi connectivity index (χ0v) is 36.1. The van der Waals surface area contributed by atoms with Gasteiger partial charge >= 0.3 is 5.97 Å². The number of pyridine rings is 1. The van der Waals surface area contributed by atoms with Gasteiger partial charge in [0.05, 0.1) is 48.8 Å². The van der Waals surface area contributed by atoms with Crippen LogP contribution in [0, 0.1) is 29.1 Å². The van der Waals surface area contributed by atoms with Crippen LogP contribution in [0.2, 0.25) is 0 Å². The van der Waals surface area contributed by atoms with Crippen LogP contribution in [0.1, 0.15) is 104 Å². The normalized spacial score (nSPS) is 29.9. The first-order chi connectivity index (χ1) is 28.3. The van der Waals surface area contributed by atoms with Gasteiger partial charge in [-0.2, -0.15) is 4.98 Å². The highest BCUT2D eigenvalue weighted by Crippen LogP contribution is 2.58. The van der Waals surface area contributed by atoms with Crippen LogP contribution in [-0.2, 0) is 40.4 Å². The minimum atomic E-state index is -4.01. The molecular formula is C44H57F2N3O10S. The van der Waals surface area contributed by atoms with Crippen molar-refractivity contribution < 1.29 is 55.3 Å². The number of amides is 2. The number of rotatable bonds is 10. The molecule has 7 atom stereocenters. The predicted molar refractivity (Wildman–Crippen MR) is 217 cm³/mol. The van der Waals surface area contributed by atoms with Gasteiger partial charge in [-0.05, 0) is 113 Å². The molecule has 4 heterocycles. The number of carbonyl (C=O) groups excluding carboxylic acids is 4. The molecule has 328 valence electrons. The molecule has 0 radical (unpaired) electrons. The minimum Gasteiger partial charge on any atom is -0.497 e. The number of fused-ring (bicyclic) bond motifs is 5. The molecule has 2 aromatic rings. The zero-order chi connectivity index (χ0) is 43.4. The Bertz CT molecular complexity index is 2180. The Kier molecular flexibility index (Phi) is 12.0. The fraction of sp³-hybridized carbons (Fsp3) is 0.659. The molecule has 2 aliphatic carbocycles. The van der Waals surface area contributed by atoms with Crippen LogP contribution in [0.25, 0.3) is 10.8 Å². The van der Waals surface area contributed by atoms with E-state index >= 15 is 0 Å². The Labute approximate surface area is 350 Å². The fourth-order valence-corrected chi connectivity index (χ4v) is 10.4. The molecule has 3 fully saturated rings. The second-order valence-electron chi connectivity index (χ2n) is 18.6. The van der Waals surface area contributed by atoms with Crippen molar-refractivity contribution in [2.24, 2.45) is 29.1 Å². The Morgan fingerprint density at radius 2 is 1.88 bits per heavy atom. The lowest BCUT2D eigenvalue weighted by atomic mass is 9.82. The molecule has 7 rings (SSSR count). The summed E-state index contributed by atoms with van der Waals surface area (Å²) in [6.07, 6.45) is 3.77. The van der Waals surface area contributed by atoms with Gasteiger partial charge in [-0.25, -0.2) is 17.2 Å². The van der Waals surface area contributed by atoms with Crippen molar-refractivity contribution >= 4 is 44.4 Å². The maximum Gasteiger partial charge on any atom is 0.307 e. The van der Waals surface area contributed by atoms with Gasteiger partial charge in [-0.1, -0.05) is 26.0 Å². The molecule has 5 aliphatic rings. The molecule has 1 aromatic heterocycles. The first kappa shape index (κ1) is 43.7. The van der Waals surface area contributed by atoms with E-state index in [9.17, 15) is 36.4 Å². The number of carbonyl (C=O) groups is 4. The number of ether oxygens (including phenoxy) is 4. The number of ketones is 1. The van der Waals surface area contributed by atoms with Crippen molar-refractivity contribution in [3.05, 3.63) is 35.9 Å².